The van der Waals surface area contributed by atoms with Crippen molar-refractivity contribution in [2.45, 2.75) is 58.0 Å². The molecule has 2 saturated heterocycles. The van der Waals surface area contributed by atoms with Gasteiger partial charge in [0, 0.05) is 18.2 Å². The summed E-state index contributed by atoms with van der Waals surface area (Å²) in [4.78, 5) is 27.6. The van der Waals surface area contributed by atoms with Crippen molar-refractivity contribution in [1.29, 1.82) is 0 Å². The molecular weight excluding hydrogens is 450 g/mol. The van der Waals surface area contributed by atoms with E-state index in [1.54, 1.807) is 11.8 Å². The maximum absolute atomic E-state index is 13.0. The Bertz CT molecular complexity index is 949. The smallest absolute Gasteiger partial charge is 0.317 e. The number of fused-ring (bicyclic) bond motifs is 5. The fraction of sp³-hybridized carbons (Fsp3) is 0.630. The predicted molar refractivity (Wildman–Crippen MR) is 128 cm³/mol. The molecule has 0 spiro atoms. The van der Waals surface area contributed by atoms with E-state index in [9.17, 15) is 9.59 Å². The normalized spacial score (nSPS) is 31.9. The summed E-state index contributed by atoms with van der Waals surface area (Å²) in [6, 6.07) is 0. The summed E-state index contributed by atoms with van der Waals surface area (Å²) < 4.78 is 28.6. The average molecular weight is 486 g/mol. The molecule has 0 N–H and O–H groups in total. The van der Waals surface area contributed by atoms with Gasteiger partial charge in [-0.1, -0.05) is 24.7 Å². The minimum Gasteiger partial charge on any atom is -0.493 e. The summed E-state index contributed by atoms with van der Waals surface area (Å²) in [6.07, 6.45) is 11.3. The third-order valence-corrected chi connectivity index (χ3v) is 6.98. The third kappa shape index (κ3) is 5.04. The molecule has 8 nitrogen and oxygen atoms in total. The van der Waals surface area contributed by atoms with Gasteiger partial charge in [0.1, 0.15) is 30.0 Å². The van der Waals surface area contributed by atoms with Crippen LogP contribution in [-0.4, -0.2) is 73.7 Å². The van der Waals surface area contributed by atoms with Crippen LogP contribution in [0.1, 0.15) is 34.1 Å². The van der Waals surface area contributed by atoms with Gasteiger partial charge in [0.05, 0.1) is 37.4 Å². The van der Waals surface area contributed by atoms with Crippen LogP contribution in [0.5, 0.6) is 0 Å². The van der Waals surface area contributed by atoms with Crippen LogP contribution in [0.4, 0.5) is 0 Å². The average Bonchev–Trinajstić information content (AvgIpc) is 3.14. The van der Waals surface area contributed by atoms with Crippen molar-refractivity contribution in [1.82, 2.24) is 4.90 Å². The number of ether oxygens (including phenoxy) is 5. The van der Waals surface area contributed by atoms with E-state index in [2.05, 4.69) is 12.5 Å². The zero-order valence-electron chi connectivity index (χ0n) is 21.0. The molecule has 6 unspecified atom stereocenters. The molecule has 6 atom stereocenters. The quantitative estimate of drug-likeness (QED) is 0.172. The van der Waals surface area contributed by atoms with Crippen LogP contribution in [-0.2, 0) is 33.3 Å². The van der Waals surface area contributed by atoms with Gasteiger partial charge in [-0.15, -0.1) is 6.42 Å². The number of rotatable bonds is 13. The molecular formula is C27H35NO7. The molecule has 4 rings (SSSR count). The van der Waals surface area contributed by atoms with Crippen LogP contribution in [0.25, 0.3) is 0 Å². The second-order valence-corrected chi connectivity index (χ2v) is 10.3. The Morgan fingerprint density at radius 2 is 2.03 bits per heavy atom. The van der Waals surface area contributed by atoms with Crippen LogP contribution in [0.15, 0.2) is 36.3 Å². The van der Waals surface area contributed by atoms with Gasteiger partial charge in [-0.3, -0.25) is 9.59 Å². The first-order chi connectivity index (χ1) is 16.6. The van der Waals surface area contributed by atoms with E-state index in [1.165, 1.54) is 0 Å². The van der Waals surface area contributed by atoms with E-state index in [1.807, 2.05) is 39.0 Å². The molecule has 0 saturated carbocycles. The van der Waals surface area contributed by atoms with E-state index in [-0.39, 0.29) is 62.5 Å². The molecule has 2 fully saturated rings. The van der Waals surface area contributed by atoms with E-state index < -0.39 is 17.0 Å². The Kier molecular flexibility index (Phi) is 7.14. The minimum atomic E-state index is -1.01. The molecule has 0 radical (unpaired) electrons. The Balaban J connectivity index is 1.25. The highest BCUT2D eigenvalue weighted by atomic mass is 16.6. The van der Waals surface area contributed by atoms with Gasteiger partial charge in [0.15, 0.2) is 0 Å². The number of nitrogens with zero attached hydrogens (tertiary/aromatic N) is 1. The largest absolute Gasteiger partial charge is 0.493 e. The predicted octanol–water partition coefficient (Wildman–Crippen LogP) is 2.60. The van der Waals surface area contributed by atoms with Crippen molar-refractivity contribution in [3.05, 3.63) is 36.3 Å². The number of carbonyl (C=O) groups excluding carboxylic acids is 2. The molecule has 1 aliphatic carbocycles. The Labute approximate surface area is 207 Å². The molecule has 35 heavy (non-hydrogen) atoms. The van der Waals surface area contributed by atoms with E-state index in [4.69, 9.17) is 30.1 Å². The first kappa shape index (κ1) is 25.5. The zero-order chi connectivity index (χ0) is 25.4. The summed E-state index contributed by atoms with van der Waals surface area (Å²) in [5.41, 5.74) is -0.842. The lowest BCUT2D eigenvalue weighted by Gasteiger charge is -2.28. The summed E-state index contributed by atoms with van der Waals surface area (Å²) in [5, 5.41) is 0. The number of terminal acetylenes is 1. The summed E-state index contributed by atoms with van der Waals surface area (Å²) in [5.74, 6) is 2.54. The number of carbonyl (C=O) groups is 2. The standard InChI is InChI=1S/C27H35NO7/c1-7-12-34-27(6)14-21(27)33-16-26(5,15-32-17(2)3)25(30)31-13-8-11-28-18(4)22-19-9-10-20(35-19)23(22)24(28)29/h1,9-10,14,17,19-20,22-23H,4,8,11-13,15-16H2,2-3,5-6H3. The SMILES string of the molecule is C#CCOC1(C)C=C1OCC(C)(COC(C)C)C(=O)OCCCN1C(=C)C2C3C=CC(O3)C2C1=O. The highest BCUT2D eigenvalue weighted by Crippen LogP contribution is 2.49. The number of hydrogen-bond acceptors (Lipinski definition) is 7. The molecule has 8 heteroatoms. The molecule has 0 aromatic heterocycles. The number of esters is 1. The lowest BCUT2D eigenvalue weighted by Crippen LogP contribution is -2.40. The van der Waals surface area contributed by atoms with Crippen LogP contribution in [0, 0.1) is 29.6 Å². The highest BCUT2D eigenvalue weighted by Gasteiger charge is 2.57. The van der Waals surface area contributed by atoms with E-state index in [0.29, 0.717) is 18.7 Å². The molecule has 4 aliphatic rings. The van der Waals surface area contributed by atoms with Gasteiger partial charge < -0.3 is 28.6 Å². The van der Waals surface area contributed by atoms with Crippen molar-refractivity contribution in [3.8, 4) is 12.3 Å². The first-order valence-corrected chi connectivity index (χ1v) is 12.2. The van der Waals surface area contributed by atoms with Crippen molar-refractivity contribution < 1.29 is 33.3 Å². The Morgan fingerprint density at radius 1 is 1.31 bits per heavy atom. The summed E-state index contributed by atoms with van der Waals surface area (Å²) in [6.45, 7) is 12.6. The minimum absolute atomic E-state index is 0.0145. The molecule has 3 aliphatic heterocycles. The van der Waals surface area contributed by atoms with E-state index in [0.717, 1.165) is 5.70 Å². The monoisotopic (exact) mass is 485 g/mol. The van der Waals surface area contributed by atoms with Gasteiger partial charge in [-0.2, -0.15) is 0 Å². The van der Waals surface area contributed by atoms with Crippen LogP contribution >= 0.6 is 0 Å². The van der Waals surface area contributed by atoms with E-state index >= 15 is 0 Å². The van der Waals surface area contributed by atoms with Crippen LogP contribution < -0.4 is 0 Å². The second-order valence-electron chi connectivity index (χ2n) is 10.3. The van der Waals surface area contributed by atoms with Gasteiger partial charge >= 0.3 is 5.97 Å². The second kappa shape index (κ2) is 9.81. The van der Waals surface area contributed by atoms with Gasteiger partial charge in [0.2, 0.25) is 5.91 Å². The maximum Gasteiger partial charge on any atom is 0.317 e. The molecule has 2 bridgehead atoms. The lowest BCUT2D eigenvalue weighted by molar-refractivity contribution is -0.164. The molecule has 0 aromatic carbocycles. The van der Waals surface area contributed by atoms with Crippen molar-refractivity contribution >= 4 is 11.9 Å². The molecule has 190 valence electrons. The number of likely N-dealkylation sites (tertiary alicyclic amines) is 1. The molecule has 3 heterocycles. The third-order valence-electron chi connectivity index (χ3n) is 6.98. The van der Waals surface area contributed by atoms with Gasteiger partial charge in [0.25, 0.3) is 0 Å². The fourth-order valence-corrected chi connectivity index (χ4v) is 4.77. The number of amides is 1. The van der Waals surface area contributed by atoms with Crippen molar-refractivity contribution in [2.24, 2.45) is 17.3 Å². The molecule has 0 aromatic rings. The van der Waals surface area contributed by atoms with Crippen LogP contribution in [0.3, 0.4) is 0 Å². The first-order valence-electron chi connectivity index (χ1n) is 12.2. The summed E-state index contributed by atoms with van der Waals surface area (Å²) >= 11 is 0. The Hall–Kier alpha value is -2.60. The van der Waals surface area contributed by atoms with Crippen molar-refractivity contribution in [2.75, 3.05) is 33.0 Å². The zero-order valence-corrected chi connectivity index (χ0v) is 21.0. The van der Waals surface area contributed by atoms with Gasteiger partial charge in [-0.05, 0) is 40.2 Å². The van der Waals surface area contributed by atoms with Gasteiger partial charge in [-0.25, -0.2) is 0 Å². The molecule has 1 amide bonds. The lowest BCUT2D eigenvalue weighted by atomic mass is 9.84. The van der Waals surface area contributed by atoms with Crippen molar-refractivity contribution in [3.63, 3.8) is 0 Å². The van der Waals surface area contributed by atoms with Crippen LogP contribution in [0.2, 0.25) is 0 Å². The Morgan fingerprint density at radius 3 is 2.69 bits per heavy atom. The number of hydrogen-bond donors (Lipinski definition) is 0. The maximum atomic E-state index is 13.0. The fourth-order valence-electron chi connectivity index (χ4n) is 4.77. The highest BCUT2D eigenvalue weighted by molar-refractivity contribution is 5.86. The summed E-state index contributed by atoms with van der Waals surface area (Å²) in [7, 11) is 0. The topological polar surface area (TPSA) is 83.5 Å².